The van der Waals surface area contributed by atoms with Gasteiger partial charge in [0.25, 0.3) is 0 Å². The molecule has 0 spiro atoms. The maximum Gasteiger partial charge on any atom is 1.00 e. The summed E-state index contributed by atoms with van der Waals surface area (Å²) in [5, 5.41) is 0. The molecule has 1 atom stereocenters. The Balaban J connectivity index is 0.00000289. The topological polar surface area (TPSA) is 18.5 Å². The molecule has 18 heavy (non-hydrogen) atoms. The monoisotopic (exact) mass is 286 g/mol. The van der Waals surface area contributed by atoms with E-state index in [9.17, 15) is 12.9 Å². The van der Waals surface area contributed by atoms with Crippen LogP contribution >= 0.6 is 0 Å². The average Bonchev–Trinajstić information content (AvgIpc) is 2.25. The van der Waals surface area contributed by atoms with E-state index in [1.807, 2.05) is 6.92 Å². The first-order chi connectivity index (χ1) is 7.84. The summed E-state index contributed by atoms with van der Waals surface area (Å²) in [4.78, 5) is 0. The van der Waals surface area contributed by atoms with E-state index >= 15 is 0 Å². The third-order valence-corrected chi connectivity index (χ3v) is 2.45. The first kappa shape index (κ1) is 18.5. The molecule has 0 fully saturated rings. The van der Waals surface area contributed by atoms with Gasteiger partial charge in [-0.05, 0) is 25.5 Å². The summed E-state index contributed by atoms with van der Waals surface area (Å²) in [5.74, 6) is 0.456. The molecule has 1 aromatic rings. The van der Waals surface area contributed by atoms with Crippen molar-refractivity contribution in [2.45, 2.75) is 20.0 Å². The van der Waals surface area contributed by atoms with E-state index < -0.39 is 12.4 Å². The number of hydrogen-bond acceptors (Lipinski definition) is 2. The van der Waals surface area contributed by atoms with Crippen LogP contribution in [0.15, 0.2) is 18.2 Å². The maximum absolute atomic E-state index is 12.5. The molecule has 1 aromatic carbocycles. The molecule has 0 saturated carbocycles. The Labute approximate surface area is 148 Å². The van der Waals surface area contributed by atoms with Crippen LogP contribution in [-0.2, 0) is 4.74 Å². The molecule has 0 aliphatic rings. The van der Waals surface area contributed by atoms with E-state index in [-0.39, 0.29) is 57.5 Å². The first-order valence-corrected chi connectivity index (χ1v) is 5.30. The van der Waals surface area contributed by atoms with E-state index in [4.69, 9.17) is 9.47 Å². The van der Waals surface area contributed by atoms with Crippen LogP contribution in [0.3, 0.4) is 0 Å². The summed E-state index contributed by atoms with van der Waals surface area (Å²) >= 11 is 0. The number of hydrogen-bond donors (Lipinski definition) is 0. The molecule has 0 aliphatic carbocycles. The Morgan fingerprint density at radius 3 is 2.33 bits per heavy atom. The van der Waals surface area contributed by atoms with Crippen molar-refractivity contribution >= 4 is 12.4 Å². The molecule has 96 valence electrons. The molecule has 0 N–H and O–H groups in total. The summed E-state index contributed by atoms with van der Waals surface area (Å²) in [6.07, 6.45) is -0.0964. The number of methoxy groups -OCH3 is 1. The van der Waals surface area contributed by atoms with Gasteiger partial charge in [0.15, 0.2) is 0 Å². The van der Waals surface area contributed by atoms with Gasteiger partial charge >= 0.3 is 58.4 Å². The maximum atomic E-state index is 12.5. The normalized spacial score (nSPS) is 12.8. The van der Waals surface area contributed by atoms with Gasteiger partial charge in [0, 0.05) is 7.11 Å². The molecule has 1 unspecified atom stereocenters. The molecule has 0 radical (unpaired) electrons. The second-order valence-corrected chi connectivity index (χ2v) is 3.96. The fraction of sp³-hybridized carbons (Fsp3) is 0.455. The summed E-state index contributed by atoms with van der Waals surface area (Å²) < 4.78 is 47.8. The predicted octanol–water partition coefficient (Wildman–Crippen LogP) is -0.533. The molecule has 0 saturated heterocycles. The Hall–Kier alpha value is 0.471. The number of benzene rings is 1. The van der Waals surface area contributed by atoms with Crippen molar-refractivity contribution in [3.63, 3.8) is 0 Å². The quantitative estimate of drug-likeness (QED) is 0.677. The Bertz CT molecular complexity index is 385. The van der Waals surface area contributed by atoms with Crippen molar-refractivity contribution in [1.29, 1.82) is 0 Å². The summed E-state index contributed by atoms with van der Waals surface area (Å²) in [7, 11) is 1.55. The zero-order valence-electron chi connectivity index (χ0n) is 11.0. The Kier molecular flexibility index (Phi) is 8.12. The van der Waals surface area contributed by atoms with Crippen molar-refractivity contribution in [2.75, 3.05) is 13.7 Å². The van der Waals surface area contributed by atoms with Gasteiger partial charge in [0.2, 0.25) is 0 Å². The van der Waals surface area contributed by atoms with E-state index in [1.54, 1.807) is 14.0 Å². The zero-order chi connectivity index (χ0) is 13.1. The summed E-state index contributed by atoms with van der Waals surface area (Å²) in [6, 6.07) is 3.49. The molecule has 7 heteroatoms. The van der Waals surface area contributed by atoms with Crippen molar-refractivity contribution in [1.82, 2.24) is 0 Å². The minimum absolute atomic E-state index is 0. The van der Waals surface area contributed by atoms with Gasteiger partial charge in [-0.3, -0.25) is 0 Å². The van der Waals surface area contributed by atoms with E-state index in [2.05, 4.69) is 0 Å². The van der Waals surface area contributed by atoms with Crippen LogP contribution < -0.4 is 61.6 Å². The van der Waals surface area contributed by atoms with Crippen molar-refractivity contribution in [3.8, 4) is 5.75 Å². The van der Waals surface area contributed by atoms with Gasteiger partial charge < -0.3 is 22.4 Å². The number of ether oxygens (including phenoxy) is 2. The number of halogens is 3. The van der Waals surface area contributed by atoms with Crippen LogP contribution in [0.25, 0.3) is 0 Å². The fourth-order valence-corrected chi connectivity index (χ4v) is 1.31. The smallest absolute Gasteiger partial charge is 0.491 e. The molecule has 0 heterocycles. The molecule has 2 nitrogen and oxygen atoms in total. The molecule has 0 bridgehead atoms. The summed E-state index contributed by atoms with van der Waals surface area (Å²) in [5.41, 5.74) is -0.125. The summed E-state index contributed by atoms with van der Waals surface area (Å²) in [6.45, 7) is -1.22. The second-order valence-electron chi connectivity index (χ2n) is 3.96. The second kappa shape index (κ2) is 7.92. The Morgan fingerprint density at radius 1 is 1.28 bits per heavy atom. The fourth-order valence-electron chi connectivity index (χ4n) is 1.31. The van der Waals surface area contributed by atoms with Crippen molar-refractivity contribution in [2.24, 2.45) is 0 Å². The molecule has 0 aromatic heterocycles. The SMILES string of the molecule is COC(C)COc1ccc([B-](F)(F)F)cc1C.[K+]. The van der Waals surface area contributed by atoms with Gasteiger partial charge in [-0.15, -0.1) is 5.46 Å². The van der Waals surface area contributed by atoms with Gasteiger partial charge in [-0.25, -0.2) is 0 Å². The predicted molar refractivity (Wildman–Crippen MR) is 61.9 cm³/mol. The van der Waals surface area contributed by atoms with Crippen LogP contribution in [0, 0.1) is 6.92 Å². The standard InChI is InChI=1S/C11H15BF3O2.K/c1-8-6-10(12(13,14)15)4-5-11(8)17-7-9(2)16-3;/h4-6,9H,7H2,1-3H3;/q-1;+1. The van der Waals surface area contributed by atoms with Crippen molar-refractivity contribution in [3.05, 3.63) is 23.8 Å². The van der Waals surface area contributed by atoms with Crippen LogP contribution in [0.1, 0.15) is 12.5 Å². The Morgan fingerprint density at radius 2 is 1.89 bits per heavy atom. The van der Waals surface area contributed by atoms with Gasteiger partial charge in [0.1, 0.15) is 12.4 Å². The van der Waals surface area contributed by atoms with Crippen LogP contribution in [0.5, 0.6) is 5.75 Å². The van der Waals surface area contributed by atoms with Gasteiger partial charge in [-0.2, -0.15) is 0 Å². The van der Waals surface area contributed by atoms with Crippen LogP contribution in [0.2, 0.25) is 0 Å². The third kappa shape index (κ3) is 5.63. The number of aryl methyl sites for hydroxylation is 1. The largest absolute Gasteiger partial charge is 1.00 e. The minimum Gasteiger partial charge on any atom is -0.491 e. The molecular formula is C11H15BF3KO2. The zero-order valence-corrected chi connectivity index (χ0v) is 14.2. The first-order valence-electron chi connectivity index (χ1n) is 5.30. The number of rotatable bonds is 5. The molecule has 0 aliphatic heterocycles. The van der Waals surface area contributed by atoms with Gasteiger partial charge in [-0.1, -0.05) is 12.1 Å². The van der Waals surface area contributed by atoms with E-state index in [0.717, 1.165) is 12.1 Å². The van der Waals surface area contributed by atoms with Crippen LogP contribution in [-0.4, -0.2) is 26.8 Å². The molecule has 1 rings (SSSR count). The molecule has 0 amide bonds. The van der Waals surface area contributed by atoms with E-state index in [1.165, 1.54) is 6.07 Å². The van der Waals surface area contributed by atoms with Gasteiger partial charge in [0.05, 0.1) is 6.10 Å². The molecular weight excluding hydrogens is 271 g/mol. The van der Waals surface area contributed by atoms with E-state index in [0.29, 0.717) is 17.9 Å². The van der Waals surface area contributed by atoms with Crippen molar-refractivity contribution < 1.29 is 73.8 Å². The minimum atomic E-state index is -4.95. The van der Waals surface area contributed by atoms with Crippen LogP contribution in [0.4, 0.5) is 12.9 Å². The third-order valence-electron chi connectivity index (χ3n) is 2.45. The average molecular weight is 286 g/mol.